The highest BCUT2D eigenvalue weighted by Crippen LogP contribution is 2.23. The van der Waals surface area contributed by atoms with Gasteiger partial charge in [0.1, 0.15) is 6.54 Å². The van der Waals surface area contributed by atoms with Crippen LogP contribution in [0.5, 0.6) is 0 Å². The van der Waals surface area contributed by atoms with Crippen molar-refractivity contribution in [2.75, 3.05) is 13.1 Å². The topological polar surface area (TPSA) is 26.3 Å². The van der Waals surface area contributed by atoms with Gasteiger partial charge < -0.3 is 21.7 Å². The lowest BCUT2D eigenvalue weighted by Crippen LogP contribution is -3.00. The number of benzene rings is 1. The molecule has 1 aromatic rings. The van der Waals surface area contributed by atoms with Crippen LogP contribution in [0.4, 0.5) is 0 Å². The van der Waals surface area contributed by atoms with E-state index in [1.54, 1.807) is 6.92 Å². The number of quaternary nitrogens is 1. The van der Waals surface area contributed by atoms with Crippen molar-refractivity contribution in [3.05, 3.63) is 48.0 Å². The molecule has 4 heteroatoms. The molecule has 0 radical (unpaired) electrons. The van der Waals surface area contributed by atoms with Crippen LogP contribution in [0.2, 0.25) is 0 Å². The first-order valence-corrected chi connectivity index (χ1v) is 7.75. The maximum Gasteiger partial charge on any atom is 0.337 e. The summed E-state index contributed by atoms with van der Waals surface area (Å²) >= 11 is 0. The average Bonchev–Trinajstić information content (AvgIpc) is 2.51. The molecule has 0 fully saturated rings. The minimum atomic E-state index is -0.292. The number of halogens is 1. The summed E-state index contributed by atoms with van der Waals surface area (Å²) < 4.78 is 6.46. The highest BCUT2D eigenvalue weighted by atomic mass is 79.9. The fourth-order valence-corrected chi connectivity index (χ4v) is 2.71. The van der Waals surface area contributed by atoms with E-state index in [2.05, 4.69) is 51.6 Å². The van der Waals surface area contributed by atoms with Crippen molar-refractivity contribution in [2.45, 2.75) is 46.9 Å². The summed E-state index contributed by atoms with van der Waals surface area (Å²) in [5.74, 6) is -0.292. The molecular weight excluding hydrogens is 342 g/mol. The second-order valence-corrected chi connectivity index (χ2v) is 5.54. The summed E-state index contributed by atoms with van der Waals surface area (Å²) in [4.78, 5) is 11.9. The van der Waals surface area contributed by atoms with Crippen LogP contribution in [0.25, 0.3) is 0 Å². The highest BCUT2D eigenvalue weighted by Gasteiger charge is 2.36. The van der Waals surface area contributed by atoms with Crippen LogP contribution in [0, 0.1) is 0 Å². The van der Waals surface area contributed by atoms with Gasteiger partial charge in [-0.3, -0.25) is 4.48 Å². The summed E-state index contributed by atoms with van der Waals surface area (Å²) in [5, 5.41) is 0. The van der Waals surface area contributed by atoms with Crippen molar-refractivity contribution in [3.8, 4) is 0 Å². The van der Waals surface area contributed by atoms with E-state index in [4.69, 9.17) is 4.74 Å². The molecule has 124 valence electrons. The second kappa shape index (κ2) is 9.80. The van der Waals surface area contributed by atoms with Crippen molar-refractivity contribution in [1.82, 2.24) is 0 Å². The second-order valence-electron chi connectivity index (χ2n) is 5.54. The molecule has 1 atom stereocenters. The molecule has 0 N–H and O–H groups in total. The third-order valence-electron chi connectivity index (χ3n) is 4.15. The first-order valence-electron chi connectivity index (χ1n) is 7.75. The predicted octanol–water partition coefficient (Wildman–Crippen LogP) is 0.903. The Kier molecular flexibility index (Phi) is 9.30. The largest absolute Gasteiger partial charge is 1.00 e. The van der Waals surface area contributed by atoms with E-state index in [0.717, 1.165) is 30.5 Å². The Morgan fingerprint density at radius 3 is 2.14 bits per heavy atom. The highest BCUT2D eigenvalue weighted by molar-refractivity contribution is 5.86. The van der Waals surface area contributed by atoms with Gasteiger partial charge >= 0.3 is 5.97 Å². The van der Waals surface area contributed by atoms with Gasteiger partial charge in [0.25, 0.3) is 0 Å². The van der Waals surface area contributed by atoms with Crippen molar-refractivity contribution < 1.29 is 31.0 Å². The third kappa shape index (κ3) is 5.25. The van der Waals surface area contributed by atoms with Gasteiger partial charge in [-0.05, 0) is 20.8 Å². The summed E-state index contributed by atoms with van der Waals surface area (Å²) in [5.41, 5.74) is 1.73. The van der Waals surface area contributed by atoms with Crippen LogP contribution >= 0.6 is 0 Å². The van der Waals surface area contributed by atoms with Crippen LogP contribution in [0.3, 0.4) is 0 Å². The molecule has 3 nitrogen and oxygen atoms in total. The Morgan fingerprint density at radius 2 is 1.73 bits per heavy atom. The zero-order valence-corrected chi connectivity index (χ0v) is 15.7. The summed E-state index contributed by atoms with van der Waals surface area (Å²) in [6, 6.07) is 10.4. The first kappa shape index (κ1) is 20.9. The Labute approximate surface area is 145 Å². The smallest absolute Gasteiger partial charge is 0.337 e. The Balaban J connectivity index is 0.00000441. The van der Waals surface area contributed by atoms with Crippen LogP contribution in [-0.2, 0) is 16.1 Å². The number of ether oxygens (including phenoxy) is 1. The van der Waals surface area contributed by atoms with Gasteiger partial charge in [0.15, 0.2) is 0 Å². The lowest BCUT2D eigenvalue weighted by atomic mass is 10.1. The monoisotopic (exact) mass is 369 g/mol. The van der Waals surface area contributed by atoms with Crippen molar-refractivity contribution in [2.24, 2.45) is 0 Å². The van der Waals surface area contributed by atoms with Gasteiger partial charge in [0.05, 0.1) is 13.1 Å². The molecule has 0 bridgehead atoms. The fourth-order valence-electron chi connectivity index (χ4n) is 2.71. The Morgan fingerprint density at radius 1 is 1.18 bits per heavy atom. The predicted molar refractivity (Wildman–Crippen MR) is 86.5 cm³/mol. The molecule has 0 saturated heterocycles. The lowest BCUT2D eigenvalue weighted by Gasteiger charge is -2.42. The zero-order chi connectivity index (χ0) is 15.9. The summed E-state index contributed by atoms with van der Waals surface area (Å²) in [6.45, 7) is 14.5. The van der Waals surface area contributed by atoms with E-state index in [1.807, 2.05) is 6.07 Å². The lowest BCUT2D eigenvalue weighted by molar-refractivity contribution is -0.978. The quantitative estimate of drug-likeness (QED) is 0.294. The van der Waals surface area contributed by atoms with E-state index in [-0.39, 0.29) is 29.2 Å². The number of hydrogen-bond donors (Lipinski definition) is 0. The average molecular weight is 370 g/mol. The first-order chi connectivity index (χ1) is 9.99. The summed E-state index contributed by atoms with van der Waals surface area (Å²) in [6.07, 6.45) is 0.664. The van der Waals surface area contributed by atoms with Crippen molar-refractivity contribution >= 4 is 5.97 Å². The standard InChI is InChI=1S/C18H28NO2.BrH/c1-6-17(21-18(20)15(4)5)19(7-2,8-3)14-16-12-10-9-11-13-16;/h9-13,17H,4,6-8,14H2,1-3,5H3;1H/q+1;/p-1. The molecule has 0 saturated carbocycles. The normalized spacial score (nSPS) is 12.2. The van der Waals surface area contributed by atoms with Crippen molar-refractivity contribution in [3.63, 3.8) is 0 Å². The number of hydrogen-bond acceptors (Lipinski definition) is 2. The summed E-state index contributed by atoms with van der Waals surface area (Å²) in [7, 11) is 0. The molecule has 1 rings (SSSR count). The van der Waals surface area contributed by atoms with Gasteiger partial charge in [-0.25, -0.2) is 4.79 Å². The van der Waals surface area contributed by atoms with Crippen molar-refractivity contribution in [1.29, 1.82) is 0 Å². The molecule has 0 spiro atoms. The molecule has 1 unspecified atom stereocenters. The molecule has 1 aromatic carbocycles. The van der Waals surface area contributed by atoms with Gasteiger partial charge in [-0.15, -0.1) is 0 Å². The van der Waals surface area contributed by atoms with Gasteiger partial charge in [0, 0.05) is 17.6 Å². The fraction of sp³-hybridized carbons (Fsp3) is 0.500. The van der Waals surface area contributed by atoms with Gasteiger partial charge in [0.2, 0.25) is 6.23 Å². The SMILES string of the molecule is C=C(C)C(=O)OC(CC)[N+](CC)(CC)Cc1ccccc1.[Br-]. The zero-order valence-electron chi connectivity index (χ0n) is 14.1. The molecule has 0 aromatic heterocycles. The van der Waals surface area contributed by atoms with Crippen LogP contribution in [0.1, 0.15) is 39.7 Å². The Hall–Kier alpha value is -1.13. The minimum absolute atomic E-state index is 0. The van der Waals surface area contributed by atoms with E-state index in [9.17, 15) is 4.79 Å². The van der Waals surface area contributed by atoms with E-state index < -0.39 is 0 Å². The van der Waals surface area contributed by atoms with Crippen LogP contribution in [0.15, 0.2) is 42.5 Å². The minimum Gasteiger partial charge on any atom is -1.00 e. The molecule has 22 heavy (non-hydrogen) atoms. The van der Waals surface area contributed by atoms with Gasteiger partial charge in [-0.2, -0.15) is 0 Å². The van der Waals surface area contributed by atoms with Gasteiger partial charge in [-0.1, -0.05) is 43.8 Å². The van der Waals surface area contributed by atoms with E-state index in [1.165, 1.54) is 5.56 Å². The number of esters is 1. The molecular formula is C18H28BrNO2. The molecule has 0 aliphatic rings. The molecule has 0 aliphatic heterocycles. The number of rotatable bonds is 8. The van der Waals surface area contributed by atoms with Crippen LogP contribution in [-0.4, -0.2) is 29.8 Å². The third-order valence-corrected chi connectivity index (χ3v) is 4.15. The number of carbonyl (C=O) groups is 1. The Bertz CT molecular complexity index is 469. The maximum absolute atomic E-state index is 11.9. The molecule has 0 amide bonds. The number of carbonyl (C=O) groups excluding carboxylic acids is 1. The maximum atomic E-state index is 11.9. The number of nitrogens with zero attached hydrogens (tertiary/aromatic N) is 1. The van der Waals surface area contributed by atoms with E-state index >= 15 is 0 Å². The van der Waals surface area contributed by atoms with E-state index in [0.29, 0.717) is 5.57 Å². The molecule has 0 aliphatic carbocycles. The van der Waals surface area contributed by atoms with Crippen LogP contribution < -0.4 is 17.0 Å². The molecule has 0 heterocycles.